The van der Waals surface area contributed by atoms with Gasteiger partial charge < -0.3 is 0 Å². The SMILES string of the molecule is [2H]c1nc2cnc(Cl)cc2n2cncc12. The van der Waals surface area contributed by atoms with Gasteiger partial charge >= 0.3 is 0 Å². The Morgan fingerprint density at radius 3 is 3.21 bits per heavy atom. The van der Waals surface area contributed by atoms with E-state index < -0.39 is 0 Å². The van der Waals surface area contributed by atoms with Crippen molar-refractivity contribution in [1.29, 1.82) is 0 Å². The highest BCUT2D eigenvalue weighted by atomic mass is 35.5. The average Bonchev–Trinajstić information content (AvgIpc) is 2.69. The van der Waals surface area contributed by atoms with Crippen molar-refractivity contribution in [3.8, 4) is 0 Å². The minimum Gasteiger partial charge on any atom is -0.296 e. The number of aromatic nitrogens is 4. The number of pyridine rings is 1. The predicted molar refractivity (Wildman–Crippen MR) is 53.3 cm³/mol. The molecule has 3 rings (SSSR count). The highest BCUT2D eigenvalue weighted by molar-refractivity contribution is 6.29. The van der Waals surface area contributed by atoms with E-state index in [9.17, 15) is 0 Å². The third kappa shape index (κ3) is 0.975. The zero-order valence-electron chi connectivity index (χ0n) is 7.98. The van der Waals surface area contributed by atoms with Crippen LogP contribution in [0.2, 0.25) is 5.15 Å². The number of nitrogens with zero attached hydrogens (tertiary/aromatic N) is 4. The highest BCUT2D eigenvalue weighted by Crippen LogP contribution is 2.16. The molecule has 0 saturated carbocycles. The largest absolute Gasteiger partial charge is 0.296 e. The first-order valence-electron chi connectivity index (χ1n) is 4.49. The van der Waals surface area contributed by atoms with E-state index >= 15 is 0 Å². The summed E-state index contributed by atoms with van der Waals surface area (Å²) in [4.78, 5) is 12.0. The molecule has 0 unspecified atom stereocenters. The molecule has 0 aliphatic heterocycles. The monoisotopic (exact) mass is 205 g/mol. The van der Waals surface area contributed by atoms with Crippen LogP contribution in [0.1, 0.15) is 1.37 Å². The first kappa shape index (κ1) is 6.73. The second-order valence-electron chi connectivity index (χ2n) is 2.87. The van der Waals surface area contributed by atoms with Gasteiger partial charge in [-0.2, -0.15) is 0 Å². The fourth-order valence-electron chi connectivity index (χ4n) is 1.38. The molecule has 4 nitrogen and oxygen atoms in total. The fraction of sp³-hybridized carbons (Fsp3) is 0. The van der Waals surface area contributed by atoms with Crippen molar-refractivity contribution in [2.75, 3.05) is 0 Å². The van der Waals surface area contributed by atoms with Crippen LogP contribution in [-0.4, -0.2) is 19.4 Å². The lowest BCUT2D eigenvalue weighted by Gasteiger charge is -2.00. The second kappa shape index (κ2) is 2.65. The summed E-state index contributed by atoms with van der Waals surface area (Å²) in [6, 6.07) is 1.71. The molecule has 0 fully saturated rings. The lowest BCUT2D eigenvalue weighted by molar-refractivity contribution is 1.17. The van der Waals surface area contributed by atoms with Crippen molar-refractivity contribution in [1.82, 2.24) is 19.4 Å². The van der Waals surface area contributed by atoms with E-state index in [2.05, 4.69) is 15.0 Å². The maximum absolute atomic E-state index is 7.68. The van der Waals surface area contributed by atoms with Crippen LogP contribution in [0.4, 0.5) is 0 Å². The van der Waals surface area contributed by atoms with Crippen molar-refractivity contribution in [2.45, 2.75) is 0 Å². The summed E-state index contributed by atoms with van der Waals surface area (Å²) in [5.41, 5.74) is 2.10. The molecule has 0 N–H and O–H groups in total. The smallest absolute Gasteiger partial charge is 0.131 e. The third-order valence-electron chi connectivity index (χ3n) is 2.02. The summed E-state index contributed by atoms with van der Waals surface area (Å²) in [7, 11) is 0. The van der Waals surface area contributed by atoms with Crippen LogP contribution in [0, 0.1) is 0 Å². The standard InChI is InChI=1S/C9H5ClN4/c10-9-1-8-7(4-13-9)12-3-6-2-11-5-14(6)8/h1-5H/i3D. The molecular formula is C9H5ClN4. The van der Waals surface area contributed by atoms with Gasteiger partial charge in [0.15, 0.2) is 0 Å². The third-order valence-corrected chi connectivity index (χ3v) is 2.22. The first-order valence-corrected chi connectivity index (χ1v) is 4.37. The zero-order chi connectivity index (χ0) is 10.4. The summed E-state index contributed by atoms with van der Waals surface area (Å²) in [6.45, 7) is 0. The van der Waals surface area contributed by atoms with E-state index in [1.165, 1.54) is 0 Å². The van der Waals surface area contributed by atoms with Gasteiger partial charge in [-0.1, -0.05) is 11.6 Å². The van der Waals surface area contributed by atoms with E-state index in [1.807, 2.05) is 0 Å². The van der Waals surface area contributed by atoms with E-state index in [0.717, 1.165) is 5.52 Å². The Kier molecular flexibility index (Phi) is 1.27. The lowest BCUT2D eigenvalue weighted by Crippen LogP contribution is -1.90. The summed E-state index contributed by atoms with van der Waals surface area (Å²) >= 11 is 5.81. The molecule has 0 aliphatic rings. The van der Waals surface area contributed by atoms with Gasteiger partial charge in [0.2, 0.25) is 0 Å². The lowest BCUT2D eigenvalue weighted by atomic mass is 10.4. The Morgan fingerprint density at radius 2 is 2.29 bits per heavy atom. The summed E-state index contributed by atoms with van der Waals surface area (Å²) in [6.07, 6.45) is 4.97. The Balaban J connectivity index is 2.61. The minimum atomic E-state index is 0.184. The van der Waals surface area contributed by atoms with Crippen LogP contribution in [0.5, 0.6) is 0 Å². The Morgan fingerprint density at radius 1 is 1.36 bits per heavy atom. The van der Waals surface area contributed by atoms with Gasteiger partial charge in [0.25, 0.3) is 0 Å². The van der Waals surface area contributed by atoms with Crippen LogP contribution in [0.3, 0.4) is 0 Å². The van der Waals surface area contributed by atoms with Gasteiger partial charge in [-0.25, -0.2) is 9.97 Å². The van der Waals surface area contributed by atoms with Gasteiger partial charge in [0, 0.05) is 6.07 Å². The molecule has 0 aromatic carbocycles. The number of imidazole rings is 1. The maximum Gasteiger partial charge on any atom is 0.131 e. The van der Waals surface area contributed by atoms with Crippen LogP contribution in [-0.2, 0) is 0 Å². The summed E-state index contributed by atoms with van der Waals surface area (Å²) < 4.78 is 9.46. The van der Waals surface area contributed by atoms with Gasteiger partial charge in [-0.05, 0) is 0 Å². The molecule has 0 saturated heterocycles. The first-order chi connectivity index (χ1) is 7.25. The molecule has 0 amide bonds. The van der Waals surface area contributed by atoms with Crippen LogP contribution < -0.4 is 0 Å². The molecule has 3 heterocycles. The molecule has 3 aromatic heterocycles. The van der Waals surface area contributed by atoms with Crippen molar-refractivity contribution >= 4 is 28.2 Å². The molecule has 14 heavy (non-hydrogen) atoms. The van der Waals surface area contributed by atoms with Crippen molar-refractivity contribution < 1.29 is 1.37 Å². The fourth-order valence-corrected chi connectivity index (χ4v) is 1.53. The Bertz CT molecular complexity index is 664. The van der Waals surface area contributed by atoms with E-state index in [-0.39, 0.29) is 6.17 Å². The van der Waals surface area contributed by atoms with Gasteiger partial charge in [0.05, 0.1) is 37.3 Å². The van der Waals surface area contributed by atoms with Gasteiger partial charge in [-0.15, -0.1) is 0 Å². The number of hydrogen-bond acceptors (Lipinski definition) is 3. The minimum absolute atomic E-state index is 0.184. The van der Waals surface area contributed by atoms with E-state index in [4.69, 9.17) is 13.0 Å². The molecule has 68 valence electrons. The van der Waals surface area contributed by atoms with Crippen LogP contribution >= 0.6 is 11.6 Å². The molecular weight excluding hydrogens is 200 g/mol. The molecule has 3 aromatic rings. The molecule has 0 aliphatic carbocycles. The molecule has 0 spiro atoms. The van der Waals surface area contributed by atoms with Crippen molar-refractivity contribution in [2.24, 2.45) is 0 Å². The molecule has 0 bridgehead atoms. The maximum atomic E-state index is 7.68. The highest BCUT2D eigenvalue weighted by Gasteiger charge is 2.02. The quantitative estimate of drug-likeness (QED) is 0.527. The topological polar surface area (TPSA) is 43.1 Å². The average molecular weight is 206 g/mol. The van der Waals surface area contributed by atoms with Gasteiger partial charge in [0.1, 0.15) is 10.7 Å². The number of halogens is 1. The van der Waals surface area contributed by atoms with Gasteiger partial charge in [-0.3, -0.25) is 9.38 Å². The molecule has 0 atom stereocenters. The second-order valence-corrected chi connectivity index (χ2v) is 3.26. The number of rotatable bonds is 0. The summed E-state index contributed by atoms with van der Waals surface area (Å²) in [5.74, 6) is 0. The predicted octanol–water partition coefficient (Wildman–Crippen LogP) is 1.93. The number of fused-ring (bicyclic) bond motifs is 3. The van der Waals surface area contributed by atoms with Crippen molar-refractivity contribution in [3.63, 3.8) is 0 Å². The Labute approximate surface area is 85.6 Å². The van der Waals surface area contributed by atoms with E-state index in [1.54, 1.807) is 29.2 Å². The summed E-state index contributed by atoms with van der Waals surface area (Å²) in [5, 5.41) is 0.400. The van der Waals surface area contributed by atoms with Crippen molar-refractivity contribution in [3.05, 3.63) is 36.1 Å². The molecule has 0 radical (unpaired) electrons. The van der Waals surface area contributed by atoms with E-state index in [0.29, 0.717) is 16.2 Å². The van der Waals surface area contributed by atoms with Crippen LogP contribution in [0.15, 0.2) is 31.0 Å². The normalized spacial score (nSPS) is 12.2. The Hall–Kier alpha value is -1.68. The zero-order valence-corrected chi connectivity index (χ0v) is 7.73. The molecule has 5 heteroatoms. The van der Waals surface area contributed by atoms with Crippen LogP contribution in [0.25, 0.3) is 16.6 Å². The number of hydrogen-bond donors (Lipinski definition) is 0.